The highest BCUT2D eigenvalue weighted by Crippen LogP contribution is 2.01. The van der Waals surface area contributed by atoms with E-state index >= 15 is 0 Å². The molecular weight excluding hydrogens is 208 g/mol. The Balaban J connectivity index is 2.62. The molecule has 5 N–H and O–H groups in total. The average Bonchev–Trinajstić information content (AvgIpc) is 2.16. The fourth-order valence-electron chi connectivity index (χ4n) is 1.23. The zero-order valence-corrected chi connectivity index (χ0v) is 8.93. The molecule has 1 aromatic heterocycles. The normalized spacial score (nSPS) is 11.8. The Morgan fingerprint density at radius 3 is 2.75 bits per heavy atom. The molecule has 0 saturated carbocycles. The lowest BCUT2D eigenvalue weighted by Gasteiger charge is -2.11. The summed E-state index contributed by atoms with van der Waals surface area (Å²) in [5.41, 5.74) is 10.7. The summed E-state index contributed by atoms with van der Waals surface area (Å²) in [5.74, 6) is -0.565. The number of pyridine rings is 1. The second-order valence-electron chi connectivity index (χ2n) is 3.49. The topological polar surface area (TPSA) is 111 Å². The van der Waals surface area contributed by atoms with Crippen LogP contribution < -0.4 is 16.8 Å². The number of nitrogen functional groups attached to an aromatic ring is 1. The number of hydrogen-bond acceptors (Lipinski definition) is 4. The second-order valence-corrected chi connectivity index (χ2v) is 3.49. The number of nitrogens with two attached hydrogens (primary N) is 2. The Morgan fingerprint density at radius 2 is 2.19 bits per heavy atom. The third-order valence-corrected chi connectivity index (χ3v) is 1.89. The predicted octanol–water partition coefficient (Wildman–Crippen LogP) is -0.343. The molecule has 0 aromatic carbocycles. The summed E-state index contributed by atoms with van der Waals surface area (Å²) in [6.45, 7) is 1.69. The van der Waals surface area contributed by atoms with Gasteiger partial charge in [0, 0.05) is 12.5 Å². The first-order valence-corrected chi connectivity index (χ1v) is 4.80. The maximum atomic E-state index is 11.6. The fraction of sp³-hybridized carbons (Fsp3) is 0.300. The molecule has 0 aliphatic rings. The van der Waals surface area contributed by atoms with Crippen LogP contribution in [0.3, 0.4) is 0 Å². The van der Waals surface area contributed by atoms with Gasteiger partial charge in [0.15, 0.2) is 0 Å². The lowest BCUT2D eigenvalue weighted by molar-refractivity contribution is -0.118. The minimum atomic E-state index is -0.465. The van der Waals surface area contributed by atoms with Crippen LogP contribution in [0.2, 0.25) is 0 Å². The van der Waals surface area contributed by atoms with Crippen molar-refractivity contribution in [2.45, 2.75) is 19.4 Å². The molecule has 0 radical (unpaired) electrons. The van der Waals surface area contributed by atoms with Crippen molar-refractivity contribution in [2.24, 2.45) is 5.73 Å². The van der Waals surface area contributed by atoms with Gasteiger partial charge in [-0.1, -0.05) is 6.07 Å². The second kappa shape index (κ2) is 5.11. The van der Waals surface area contributed by atoms with Crippen molar-refractivity contribution >= 4 is 17.6 Å². The zero-order chi connectivity index (χ0) is 12.1. The van der Waals surface area contributed by atoms with Crippen LogP contribution in [-0.2, 0) is 4.79 Å². The molecule has 1 rings (SSSR count). The third-order valence-electron chi connectivity index (χ3n) is 1.89. The van der Waals surface area contributed by atoms with Crippen LogP contribution >= 0.6 is 0 Å². The maximum Gasteiger partial charge on any atom is 0.270 e. The Morgan fingerprint density at radius 1 is 1.50 bits per heavy atom. The molecule has 2 amide bonds. The number of rotatable bonds is 4. The number of hydrogen-bond donors (Lipinski definition) is 3. The molecule has 1 heterocycles. The molecule has 0 aliphatic carbocycles. The van der Waals surface area contributed by atoms with Gasteiger partial charge in [-0.2, -0.15) is 0 Å². The first kappa shape index (κ1) is 12.0. The van der Waals surface area contributed by atoms with Gasteiger partial charge in [-0.05, 0) is 19.1 Å². The summed E-state index contributed by atoms with van der Waals surface area (Å²) < 4.78 is 0. The van der Waals surface area contributed by atoms with Crippen molar-refractivity contribution in [1.29, 1.82) is 0 Å². The molecule has 0 spiro atoms. The van der Waals surface area contributed by atoms with Gasteiger partial charge in [-0.15, -0.1) is 0 Å². The van der Waals surface area contributed by atoms with Crippen molar-refractivity contribution in [1.82, 2.24) is 10.3 Å². The number of nitrogens with one attached hydrogen (secondary N) is 1. The molecule has 0 aliphatic heterocycles. The number of nitrogens with zero attached hydrogens (tertiary/aromatic N) is 1. The summed E-state index contributed by atoms with van der Waals surface area (Å²) >= 11 is 0. The Labute approximate surface area is 93.0 Å². The predicted molar refractivity (Wildman–Crippen MR) is 59.4 cm³/mol. The molecule has 0 bridgehead atoms. The van der Waals surface area contributed by atoms with E-state index in [2.05, 4.69) is 10.3 Å². The number of amides is 2. The van der Waals surface area contributed by atoms with Gasteiger partial charge >= 0.3 is 0 Å². The summed E-state index contributed by atoms with van der Waals surface area (Å²) in [6, 6.07) is 4.44. The van der Waals surface area contributed by atoms with E-state index in [1.807, 2.05) is 0 Å². The highest BCUT2D eigenvalue weighted by Gasteiger charge is 2.12. The van der Waals surface area contributed by atoms with Crippen LogP contribution in [0.15, 0.2) is 18.2 Å². The van der Waals surface area contributed by atoms with Crippen LogP contribution in [0.4, 0.5) is 5.82 Å². The van der Waals surface area contributed by atoms with Gasteiger partial charge in [-0.25, -0.2) is 4.98 Å². The Kier molecular flexibility index (Phi) is 3.82. The Bertz CT molecular complexity index is 406. The molecule has 1 aromatic rings. The van der Waals surface area contributed by atoms with E-state index in [-0.39, 0.29) is 29.9 Å². The molecule has 1 atom stereocenters. The smallest absolute Gasteiger partial charge is 0.270 e. The van der Waals surface area contributed by atoms with Crippen molar-refractivity contribution in [3.63, 3.8) is 0 Å². The number of primary amides is 1. The fourth-order valence-corrected chi connectivity index (χ4v) is 1.23. The van der Waals surface area contributed by atoms with Gasteiger partial charge in [0.1, 0.15) is 11.5 Å². The lowest BCUT2D eigenvalue weighted by atomic mass is 10.2. The van der Waals surface area contributed by atoms with Crippen LogP contribution in [0.5, 0.6) is 0 Å². The van der Waals surface area contributed by atoms with Gasteiger partial charge in [0.05, 0.1) is 0 Å². The number of aromatic nitrogens is 1. The number of carbonyl (C=O) groups is 2. The van der Waals surface area contributed by atoms with E-state index in [1.54, 1.807) is 25.1 Å². The van der Waals surface area contributed by atoms with Gasteiger partial charge in [-0.3, -0.25) is 9.59 Å². The van der Waals surface area contributed by atoms with Gasteiger partial charge in [0.25, 0.3) is 5.91 Å². The van der Waals surface area contributed by atoms with E-state index in [0.717, 1.165) is 0 Å². The first-order valence-electron chi connectivity index (χ1n) is 4.80. The van der Waals surface area contributed by atoms with E-state index in [9.17, 15) is 9.59 Å². The standard InChI is InChI=1S/C10H14N4O2/c1-6(5-9(12)15)13-10(16)7-3-2-4-8(11)14-7/h2-4,6H,5H2,1H3,(H2,11,14)(H2,12,15)(H,13,16). The summed E-state index contributed by atoms with van der Waals surface area (Å²) in [5, 5.41) is 2.60. The minimum Gasteiger partial charge on any atom is -0.384 e. The third kappa shape index (κ3) is 3.56. The molecule has 6 nitrogen and oxygen atoms in total. The molecular formula is C10H14N4O2. The van der Waals surface area contributed by atoms with Crippen molar-refractivity contribution < 1.29 is 9.59 Å². The van der Waals surface area contributed by atoms with E-state index in [4.69, 9.17) is 11.5 Å². The van der Waals surface area contributed by atoms with E-state index in [0.29, 0.717) is 0 Å². The summed E-state index contributed by atoms with van der Waals surface area (Å²) in [6.07, 6.45) is 0.0913. The van der Waals surface area contributed by atoms with E-state index < -0.39 is 5.91 Å². The van der Waals surface area contributed by atoms with Crippen molar-refractivity contribution in [3.8, 4) is 0 Å². The summed E-state index contributed by atoms with van der Waals surface area (Å²) in [4.78, 5) is 26.1. The molecule has 1 unspecified atom stereocenters. The zero-order valence-electron chi connectivity index (χ0n) is 8.93. The SMILES string of the molecule is CC(CC(N)=O)NC(=O)c1cccc(N)n1. The average molecular weight is 222 g/mol. The summed E-state index contributed by atoms with van der Waals surface area (Å²) in [7, 11) is 0. The largest absolute Gasteiger partial charge is 0.384 e. The molecule has 6 heteroatoms. The van der Waals surface area contributed by atoms with Crippen molar-refractivity contribution in [3.05, 3.63) is 23.9 Å². The quantitative estimate of drug-likeness (QED) is 0.646. The lowest BCUT2D eigenvalue weighted by Crippen LogP contribution is -2.36. The first-order chi connectivity index (χ1) is 7.49. The van der Waals surface area contributed by atoms with Crippen LogP contribution in [0, 0.1) is 0 Å². The van der Waals surface area contributed by atoms with Crippen LogP contribution in [-0.4, -0.2) is 22.8 Å². The highest BCUT2D eigenvalue weighted by atomic mass is 16.2. The van der Waals surface area contributed by atoms with E-state index in [1.165, 1.54) is 0 Å². The number of anilines is 1. The molecule has 16 heavy (non-hydrogen) atoms. The molecule has 0 saturated heterocycles. The van der Waals surface area contributed by atoms with Crippen LogP contribution in [0.25, 0.3) is 0 Å². The molecule has 86 valence electrons. The minimum absolute atomic E-state index is 0.0913. The maximum absolute atomic E-state index is 11.6. The van der Waals surface area contributed by atoms with Gasteiger partial charge < -0.3 is 16.8 Å². The van der Waals surface area contributed by atoms with Crippen molar-refractivity contribution in [2.75, 3.05) is 5.73 Å². The number of carbonyl (C=O) groups excluding carboxylic acids is 2. The highest BCUT2D eigenvalue weighted by molar-refractivity contribution is 5.93. The molecule has 0 fully saturated rings. The Hall–Kier alpha value is -2.11. The monoisotopic (exact) mass is 222 g/mol. The van der Waals surface area contributed by atoms with Gasteiger partial charge in [0.2, 0.25) is 5.91 Å². The van der Waals surface area contributed by atoms with Crippen LogP contribution in [0.1, 0.15) is 23.8 Å².